The van der Waals surface area contributed by atoms with Crippen LogP contribution in [0.2, 0.25) is 0 Å². The highest BCUT2D eigenvalue weighted by Crippen LogP contribution is 2.32. The fourth-order valence-corrected chi connectivity index (χ4v) is 3.92. The Labute approximate surface area is 193 Å². The van der Waals surface area contributed by atoms with Gasteiger partial charge in [-0.1, -0.05) is 12.1 Å². The Morgan fingerprint density at radius 1 is 0.939 bits per heavy atom. The first-order valence-electron chi connectivity index (χ1n) is 11.1. The average Bonchev–Trinajstić information content (AvgIpc) is 2.85. The predicted octanol–water partition coefficient (Wildman–Crippen LogP) is 1.65. The molecule has 33 heavy (non-hydrogen) atoms. The van der Waals surface area contributed by atoms with Gasteiger partial charge in [0.2, 0.25) is 0 Å². The van der Waals surface area contributed by atoms with Crippen LogP contribution in [0, 0.1) is 0 Å². The quantitative estimate of drug-likeness (QED) is 0.642. The van der Waals surface area contributed by atoms with Crippen molar-refractivity contribution in [1.29, 1.82) is 0 Å². The van der Waals surface area contributed by atoms with Gasteiger partial charge in [-0.15, -0.1) is 0 Å². The number of nitrogens with zero attached hydrogens (tertiary/aromatic N) is 2. The maximum Gasteiger partial charge on any atom is 0.313 e. The number of hydrogen-bond acceptors (Lipinski definition) is 7. The molecule has 2 aliphatic heterocycles. The van der Waals surface area contributed by atoms with Crippen LogP contribution in [-0.2, 0) is 14.3 Å². The number of benzene rings is 2. The topological polar surface area (TPSA) is 92.4 Å². The maximum absolute atomic E-state index is 12.6. The second-order valence-corrected chi connectivity index (χ2v) is 8.17. The van der Waals surface area contributed by atoms with E-state index in [1.165, 1.54) is 0 Å². The number of hydrogen-bond donors (Lipinski definition) is 2. The Hall–Kier alpha value is -3.30. The van der Waals surface area contributed by atoms with Crippen LogP contribution < -0.4 is 25.0 Å². The van der Waals surface area contributed by atoms with Gasteiger partial charge in [0.05, 0.1) is 19.3 Å². The van der Waals surface area contributed by atoms with Crippen molar-refractivity contribution >= 4 is 23.2 Å². The zero-order valence-electron chi connectivity index (χ0n) is 19.0. The van der Waals surface area contributed by atoms with Gasteiger partial charge in [-0.05, 0) is 29.8 Å². The summed E-state index contributed by atoms with van der Waals surface area (Å²) in [4.78, 5) is 29.4. The molecule has 0 radical (unpaired) electrons. The molecule has 0 bridgehead atoms. The molecule has 1 atom stereocenters. The van der Waals surface area contributed by atoms with Crippen molar-refractivity contribution in [3.05, 3.63) is 48.0 Å². The minimum absolute atomic E-state index is 0.0591. The van der Waals surface area contributed by atoms with Crippen molar-refractivity contribution in [2.75, 3.05) is 70.4 Å². The van der Waals surface area contributed by atoms with E-state index in [2.05, 4.69) is 39.8 Å². The third-order valence-corrected chi connectivity index (χ3v) is 5.74. The third-order valence-electron chi connectivity index (χ3n) is 5.74. The van der Waals surface area contributed by atoms with Gasteiger partial charge in [0.15, 0.2) is 11.5 Å². The van der Waals surface area contributed by atoms with E-state index >= 15 is 0 Å². The van der Waals surface area contributed by atoms with Crippen molar-refractivity contribution < 1.29 is 23.8 Å². The molecular weight excluding hydrogens is 424 g/mol. The summed E-state index contributed by atoms with van der Waals surface area (Å²) in [6.07, 6.45) is 0. The van der Waals surface area contributed by atoms with Crippen molar-refractivity contribution in [1.82, 2.24) is 10.2 Å². The highest BCUT2D eigenvalue weighted by atomic mass is 16.6. The van der Waals surface area contributed by atoms with E-state index in [0.29, 0.717) is 50.2 Å². The lowest BCUT2D eigenvalue weighted by atomic mass is 10.0. The molecule has 2 heterocycles. The van der Waals surface area contributed by atoms with Gasteiger partial charge >= 0.3 is 11.8 Å². The van der Waals surface area contributed by atoms with Crippen LogP contribution in [0.3, 0.4) is 0 Å². The van der Waals surface area contributed by atoms with Crippen LogP contribution in [0.15, 0.2) is 42.5 Å². The Morgan fingerprint density at radius 2 is 1.64 bits per heavy atom. The van der Waals surface area contributed by atoms with E-state index in [-0.39, 0.29) is 6.04 Å². The number of ether oxygens (including phenoxy) is 3. The Morgan fingerprint density at radius 3 is 2.33 bits per heavy atom. The minimum Gasteiger partial charge on any atom is -0.486 e. The normalized spacial score (nSPS) is 16.5. The van der Waals surface area contributed by atoms with Crippen molar-refractivity contribution in [3.63, 3.8) is 0 Å². The number of nitrogens with one attached hydrogen (secondary N) is 2. The van der Waals surface area contributed by atoms with Gasteiger partial charge < -0.3 is 29.7 Å². The summed E-state index contributed by atoms with van der Waals surface area (Å²) in [5.41, 5.74) is 2.65. The third kappa shape index (κ3) is 5.74. The predicted molar refractivity (Wildman–Crippen MR) is 125 cm³/mol. The van der Waals surface area contributed by atoms with Crippen LogP contribution in [0.5, 0.6) is 11.5 Å². The first-order chi connectivity index (χ1) is 16.0. The standard InChI is InChI=1S/C24H30N4O5/c1-27(2)19-6-3-17(4-7-19)20(28-9-11-31-12-10-28)16-25-23(29)24(30)26-18-5-8-21-22(15-18)33-14-13-32-21/h3-8,15,20H,9-14,16H2,1-2H3,(H,25,29)(H,26,30). The van der Waals surface area contributed by atoms with Gasteiger partial charge in [-0.2, -0.15) is 0 Å². The van der Waals surface area contributed by atoms with Crippen molar-refractivity contribution in [2.45, 2.75) is 6.04 Å². The maximum atomic E-state index is 12.6. The van der Waals surface area contributed by atoms with Crippen LogP contribution >= 0.6 is 0 Å². The van der Waals surface area contributed by atoms with Crippen LogP contribution in [0.1, 0.15) is 11.6 Å². The number of anilines is 2. The fourth-order valence-electron chi connectivity index (χ4n) is 3.92. The molecule has 2 N–H and O–H groups in total. The molecule has 0 saturated carbocycles. The number of carbonyl (C=O) groups excluding carboxylic acids is 2. The molecule has 0 aliphatic carbocycles. The molecule has 2 aromatic carbocycles. The molecule has 1 unspecified atom stereocenters. The van der Waals surface area contributed by atoms with Gasteiger partial charge in [0, 0.05) is 51.2 Å². The molecule has 1 fully saturated rings. The van der Waals surface area contributed by atoms with E-state index < -0.39 is 11.8 Å². The summed E-state index contributed by atoms with van der Waals surface area (Å²) in [7, 11) is 3.99. The minimum atomic E-state index is -0.727. The van der Waals surface area contributed by atoms with Crippen molar-refractivity contribution in [2.24, 2.45) is 0 Å². The molecular formula is C24H30N4O5. The van der Waals surface area contributed by atoms with E-state index in [1.807, 2.05) is 19.0 Å². The number of rotatable bonds is 6. The van der Waals surface area contributed by atoms with Crippen molar-refractivity contribution in [3.8, 4) is 11.5 Å². The monoisotopic (exact) mass is 454 g/mol. The highest BCUT2D eigenvalue weighted by Gasteiger charge is 2.25. The van der Waals surface area contributed by atoms with Gasteiger partial charge in [0.1, 0.15) is 13.2 Å². The molecule has 9 nitrogen and oxygen atoms in total. The summed E-state index contributed by atoms with van der Waals surface area (Å²) in [6.45, 7) is 4.07. The Balaban J connectivity index is 1.40. The lowest BCUT2D eigenvalue weighted by Gasteiger charge is -2.35. The van der Waals surface area contributed by atoms with Crippen LogP contribution in [0.4, 0.5) is 11.4 Å². The second-order valence-electron chi connectivity index (χ2n) is 8.17. The Kier molecular flexibility index (Phi) is 7.31. The van der Waals surface area contributed by atoms with Gasteiger partial charge in [-0.3, -0.25) is 14.5 Å². The van der Waals surface area contributed by atoms with E-state index in [1.54, 1.807) is 18.2 Å². The smallest absolute Gasteiger partial charge is 0.313 e. The first-order valence-corrected chi connectivity index (χ1v) is 11.1. The number of morpholine rings is 1. The number of carbonyl (C=O) groups is 2. The van der Waals surface area contributed by atoms with Gasteiger partial charge in [0.25, 0.3) is 0 Å². The molecule has 0 spiro atoms. The van der Waals surface area contributed by atoms with Gasteiger partial charge in [-0.25, -0.2) is 0 Å². The summed E-state index contributed by atoms with van der Waals surface area (Å²) in [5.74, 6) is -0.242. The first kappa shape index (κ1) is 22.9. The molecule has 176 valence electrons. The molecule has 4 rings (SSSR count). The highest BCUT2D eigenvalue weighted by molar-refractivity contribution is 6.39. The fraction of sp³-hybridized carbons (Fsp3) is 0.417. The lowest BCUT2D eigenvalue weighted by molar-refractivity contribution is -0.136. The second kappa shape index (κ2) is 10.5. The lowest BCUT2D eigenvalue weighted by Crippen LogP contribution is -2.45. The largest absolute Gasteiger partial charge is 0.486 e. The number of fused-ring (bicyclic) bond motifs is 1. The Bertz CT molecular complexity index is 973. The summed E-state index contributed by atoms with van der Waals surface area (Å²) < 4.78 is 16.5. The van der Waals surface area contributed by atoms with E-state index in [0.717, 1.165) is 24.3 Å². The molecule has 2 aromatic rings. The average molecular weight is 455 g/mol. The molecule has 2 amide bonds. The summed E-state index contributed by atoms with van der Waals surface area (Å²) in [6, 6.07) is 13.2. The zero-order chi connectivity index (χ0) is 23.2. The van der Waals surface area contributed by atoms with E-state index in [9.17, 15) is 9.59 Å². The molecule has 0 aromatic heterocycles. The van der Waals surface area contributed by atoms with Crippen LogP contribution in [0.25, 0.3) is 0 Å². The molecule has 2 aliphatic rings. The van der Waals surface area contributed by atoms with Crippen LogP contribution in [-0.4, -0.2) is 76.9 Å². The summed E-state index contributed by atoms with van der Waals surface area (Å²) in [5, 5.41) is 5.43. The SMILES string of the molecule is CN(C)c1ccc(C(CNC(=O)C(=O)Nc2ccc3c(c2)OCCO3)N2CCOCC2)cc1. The number of amides is 2. The summed E-state index contributed by atoms with van der Waals surface area (Å²) >= 11 is 0. The molecule has 9 heteroatoms. The zero-order valence-corrected chi connectivity index (χ0v) is 19.0. The molecule has 1 saturated heterocycles. The van der Waals surface area contributed by atoms with E-state index in [4.69, 9.17) is 14.2 Å².